The number of rotatable bonds is 18. The number of hydrogen-bond acceptors (Lipinski definition) is 4. The predicted molar refractivity (Wildman–Crippen MR) is 188 cm³/mol. The van der Waals surface area contributed by atoms with Crippen molar-refractivity contribution in [2.45, 2.75) is 106 Å². The molecule has 2 rings (SSSR count). The van der Waals surface area contributed by atoms with Crippen LogP contribution in [0.3, 0.4) is 0 Å². The van der Waals surface area contributed by atoms with Gasteiger partial charge in [-0.05, 0) is 61.6 Å². The number of amides is 1. The second-order valence-electron chi connectivity index (χ2n) is 9.50. The summed E-state index contributed by atoms with van der Waals surface area (Å²) < 4.78 is 11.7. The van der Waals surface area contributed by atoms with E-state index in [2.05, 4.69) is 25.7 Å². The van der Waals surface area contributed by atoms with E-state index in [0.717, 1.165) is 54.7 Å². The van der Waals surface area contributed by atoms with Crippen LogP contribution in [0.5, 0.6) is 11.5 Å². The molecule has 43 heavy (non-hydrogen) atoms. The van der Waals surface area contributed by atoms with Crippen LogP contribution >= 0.6 is 0 Å². The molecule has 242 valence electrons. The molecule has 0 aliphatic rings. The van der Waals surface area contributed by atoms with Gasteiger partial charge in [-0.25, -0.2) is 0 Å². The van der Waals surface area contributed by atoms with Gasteiger partial charge in [0.05, 0.1) is 12.6 Å². The average Bonchev–Trinajstić information content (AvgIpc) is 3.04. The summed E-state index contributed by atoms with van der Waals surface area (Å²) in [5.74, 6) is 1.61. The lowest BCUT2D eigenvalue weighted by Crippen LogP contribution is -2.42. The van der Waals surface area contributed by atoms with E-state index in [1.807, 2.05) is 107 Å². The van der Waals surface area contributed by atoms with Gasteiger partial charge >= 0.3 is 0 Å². The minimum Gasteiger partial charge on any atom is -0.494 e. The highest BCUT2D eigenvalue weighted by Crippen LogP contribution is 2.19. The highest BCUT2D eigenvalue weighted by atomic mass is 16.5. The molecule has 0 spiro atoms. The van der Waals surface area contributed by atoms with Gasteiger partial charge in [-0.15, -0.1) is 0 Å². The third-order valence-electron chi connectivity index (χ3n) is 5.72. The fourth-order valence-electron chi connectivity index (χ4n) is 3.74. The van der Waals surface area contributed by atoms with Crippen LogP contribution in [-0.2, 0) is 11.2 Å². The highest BCUT2D eigenvalue weighted by Gasteiger charge is 2.13. The van der Waals surface area contributed by atoms with Crippen LogP contribution in [0.4, 0.5) is 0 Å². The molecule has 0 aliphatic carbocycles. The van der Waals surface area contributed by atoms with E-state index >= 15 is 0 Å². The minimum atomic E-state index is -0.494. The van der Waals surface area contributed by atoms with E-state index in [1.54, 1.807) is 6.08 Å². The van der Waals surface area contributed by atoms with Gasteiger partial charge in [0.25, 0.3) is 0 Å². The van der Waals surface area contributed by atoms with Crippen molar-refractivity contribution in [2.75, 3.05) is 19.8 Å². The molecule has 0 aliphatic heterocycles. The van der Waals surface area contributed by atoms with Crippen molar-refractivity contribution in [3.63, 3.8) is 0 Å². The molecular weight excluding hydrogens is 532 g/mol. The summed E-state index contributed by atoms with van der Waals surface area (Å²) in [6, 6.07) is 17.1. The van der Waals surface area contributed by atoms with Gasteiger partial charge in [-0.3, -0.25) is 4.79 Å². The van der Waals surface area contributed by atoms with Gasteiger partial charge in [0.15, 0.2) is 0 Å². The summed E-state index contributed by atoms with van der Waals surface area (Å²) in [5.41, 5.74) is 8.17. The van der Waals surface area contributed by atoms with Crippen molar-refractivity contribution in [2.24, 2.45) is 5.73 Å². The number of ether oxygens (including phenoxy) is 2. The first-order valence-electron chi connectivity index (χ1n) is 16.4. The molecule has 2 aromatic carbocycles. The van der Waals surface area contributed by atoms with E-state index in [9.17, 15) is 4.79 Å². The maximum absolute atomic E-state index is 12.1. The lowest BCUT2D eigenvalue weighted by molar-refractivity contribution is -0.122. The van der Waals surface area contributed by atoms with Crippen LogP contribution in [0.25, 0.3) is 0 Å². The summed E-state index contributed by atoms with van der Waals surface area (Å²) in [6.07, 6.45) is 16.1. The van der Waals surface area contributed by atoms with E-state index < -0.39 is 6.04 Å². The second-order valence-corrected chi connectivity index (χ2v) is 9.50. The molecular formula is C38H62N2O3. The lowest BCUT2D eigenvalue weighted by Gasteiger charge is -2.12. The Balaban J connectivity index is 0. The summed E-state index contributed by atoms with van der Waals surface area (Å²) in [4.78, 5) is 12.1. The van der Waals surface area contributed by atoms with Crippen molar-refractivity contribution in [3.05, 3.63) is 96.6 Å². The largest absolute Gasteiger partial charge is 0.494 e. The Morgan fingerprint density at radius 1 is 0.860 bits per heavy atom. The number of hydrogen-bond donors (Lipinski definition) is 2. The molecule has 0 aromatic heterocycles. The Kier molecular flexibility index (Phi) is 30.8. The highest BCUT2D eigenvalue weighted by molar-refractivity contribution is 5.81. The molecule has 1 atom stereocenters. The number of carbonyl (C=O) groups is 1. The number of nitrogens with two attached hydrogens (primary N) is 1. The zero-order valence-electron chi connectivity index (χ0n) is 28.4. The Morgan fingerprint density at radius 3 is 1.95 bits per heavy atom. The predicted octanol–water partition coefficient (Wildman–Crippen LogP) is 9.63. The Hall–Kier alpha value is -3.31. The molecule has 0 unspecified atom stereocenters. The SMILES string of the molecule is C=C/C=C(\C=C/C)COc1ccc(OCCCCCCCCNC(=O)[C@@H](N)Cc2ccccc2)cc1.CC.CC.CCC. The van der Waals surface area contributed by atoms with Crippen LogP contribution in [0.15, 0.2) is 91.1 Å². The first kappa shape index (κ1) is 41.8. The van der Waals surface area contributed by atoms with Crippen molar-refractivity contribution in [1.29, 1.82) is 0 Å². The van der Waals surface area contributed by atoms with Gasteiger partial charge in [0.2, 0.25) is 5.91 Å². The van der Waals surface area contributed by atoms with Gasteiger partial charge in [0, 0.05) is 6.54 Å². The Morgan fingerprint density at radius 2 is 1.40 bits per heavy atom. The maximum atomic E-state index is 12.1. The van der Waals surface area contributed by atoms with Crippen LogP contribution in [-0.4, -0.2) is 31.7 Å². The molecule has 1 amide bonds. The molecule has 2 aromatic rings. The number of benzene rings is 2. The third kappa shape index (κ3) is 23.9. The van der Waals surface area contributed by atoms with E-state index in [0.29, 0.717) is 26.2 Å². The maximum Gasteiger partial charge on any atom is 0.237 e. The Labute approximate surface area is 264 Å². The average molecular weight is 595 g/mol. The molecule has 0 saturated carbocycles. The zero-order chi connectivity index (χ0) is 32.6. The van der Waals surface area contributed by atoms with Gasteiger partial charge in [-0.2, -0.15) is 0 Å². The molecule has 3 N–H and O–H groups in total. The van der Waals surface area contributed by atoms with Crippen molar-refractivity contribution < 1.29 is 14.3 Å². The number of unbranched alkanes of at least 4 members (excludes halogenated alkanes) is 5. The van der Waals surface area contributed by atoms with Crippen molar-refractivity contribution in [1.82, 2.24) is 5.32 Å². The number of allylic oxidation sites excluding steroid dienone is 3. The van der Waals surface area contributed by atoms with Crippen molar-refractivity contribution >= 4 is 5.91 Å². The topological polar surface area (TPSA) is 73.6 Å². The third-order valence-corrected chi connectivity index (χ3v) is 5.72. The second kappa shape index (κ2) is 31.6. The smallest absolute Gasteiger partial charge is 0.237 e. The van der Waals surface area contributed by atoms with Crippen LogP contribution < -0.4 is 20.5 Å². The summed E-state index contributed by atoms with van der Waals surface area (Å²) in [5, 5.41) is 2.96. The fraction of sp³-hybridized carbons (Fsp3) is 0.500. The quantitative estimate of drug-likeness (QED) is 0.133. The number of carbonyl (C=O) groups excluding carboxylic acids is 1. The standard InChI is InChI=1S/C31H42N2O3.C3H8.2C2H6/c1-3-14-27(15-4-2)25-36-29-20-18-28(19-21-29)35-23-13-8-6-5-7-12-22-33-31(34)30(32)24-26-16-10-9-11-17-26;1-3-2;2*1-2/h3-4,9-11,14-21,30H,1,5-8,12-13,22-25,32H2,2H3,(H,33,34);3H2,1-2H3;2*1-2H3/b15-4-,27-14+;;;/t30-;;;/m0.../s1. The molecule has 5 nitrogen and oxygen atoms in total. The summed E-state index contributed by atoms with van der Waals surface area (Å²) in [7, 11) is 0. The first-order valence-corrected chi connectivity index (χ1v) is 16.4. The first-order chi connectivity index (χ1) is 21.0. The van der Waals surface area contributed by atoms with Crippen molar-refractivity contribution in [3.8, 4) is 11.5 Å². The van der Waals surface area contributed by atoms with E-state index in [4.69, 9.17) is 15.2 Å². The molecule has 0 radical (unpaired) electrons. The zero-order valence-corrected chi connectivity index (χ0v) is 28.4. The summed E-state index contributed by atoms with van der Waals surface area (Å²) >= 11 is 0. The van der Waals surface area contributed by atoms with Gasteiger partial charge in [0.1, 0.15) is 18.1 Å². The minimum absolute atomic E-state index is 0.0708. The van der Waals surface area contributed by atoms with E-state index in [-0.39, 0.29) is 5.91 Å². The monoisotopic (exact) mass is 594 g/mol. The van der Waals surface area contributed by atoms with Gasteiger partial charge < -0.3 is 20.5 Å². The fourth-order valence-corrected chi connectivity index (χ4v) is 3.74. The lowest BCUT2D eigenvalue weighted by atomic mass is 10.1. The summed E-state index contributed by atoms with van der Waals surface area (Å²) in [6.45, 7) is 19.9. The van der Waals surface area contributed by atoms with Crippen LogP contribution in [0, 0.1) is 0 Å². The molecule has 0 saturated heterocycles. The Bertz CT molecular complexity index is 953. The van der Waals surface area contributed by atoms with Crippen LogP contribution in [0.2, 0.25) is 0 Å². The molecule has 5 heteroatoms. The molecule has 0 fully saturated rings. The van der Waals surface area contributed by atoms with Gasteiger partial charge in [-0.1, -0.05) is 135 Å². The molecule has 0 bridgehead atoms. The van der Waals surface area contributed by atoms with Crippen LogP contribution in [0.1, 0.15) is 99.0 Å². The van der Waals surface area contributed by atoms with E-state index in [1.165, 1.54) is 12.8 Å². The number of nitrogens with one attached hydrogen (secondary N) is 1. The normalized spacial score (nSPS) is 11.0. The molecule has 0 heterocycles.